The molecule has 0 saturated heterocycles. The highest BCUT2D eigenvalue weighted by Crippen LogP contribution is 2.11. The van der Waals surface area contributed by atoms with Crippen LogP contribution < -0.4 is 0 Å². The highest BCUT2D eigenvalue weighted by molar-refractivity contribution is 6.17. The summed E-state index contributed by atoms with van der Waals surface area (Å²) in [7, 11) is 0. The molecule has 0 aromatic rings. The molecule has 0 aliphatic carbocycles. The smallest absolute Gasteiger partial charge is 0.0226 e. The number of unbranched alkanes of at least 4 members (excludes halogenated alkanes) is 1. The standard InChI is InChI=1S/C8H16Cl/c1-3-4-5-8(2)6-7-9/h8H,2-7H2,1H3. The van der Waals surface area contributed by atoms with E-state index >= 15 is 0 Å². The Morgan fingerprint density at radius 3 is 2.56 bits per heavy atom. The van der Waals surface area contributed by atoms with Crippen LogP contribution in [0, 0.1) is 12.8 Å². The van der Waals surface area contributed by atoms with Gasteiger partial charge in [-0.2, -0.15) is 0 Å². The Labute approximate surface area is 63.6 Å². The molecule has 0 rings (SSSR count). The SMILES string of the molecule is [CH2]C(CCCl)CCCC. The molecule has 1 heteroatoms. The molecular formula is C8H16Cl. The first kappa shape index (κ1) is 9.29. The van der Waals surface area contributed by atoms with E-state index in [9.17, 15) is 0 Å². The van der Waals surface area contributed by atoms with Crippen molar-refractivity contribution in [1.29, 1.82) is 0 Å². The highest BCUT2D eigenvalue weighted by Gasteiger charge is 1.98. The fraction of sp³-hybridized carbons (Fsp3) is 0.875. The summed E-state index contributed by atoms with van der Waals surface area (Å²) in [5.74, 6) is 1.35. The van der Waals surface area contributed by atoms with E-state index in [-0.39, 0.29) is 0 Å². The lowest BCUT2D eigenvalue weighted by atomic mass is 10.0. The molecule has 55 valence electrons. The monoisotopic (exact) mass is 147 g/mol. The van der Waals surface area contributed by atoms with Gasteiger partial charge in [0.05, 0.1) is 0 Å². The van der Waals surface area contributed by atoms with Gasteiger partial charge in [0.1, 0.15) is 0 Å². The Kier molecular flexibility index (Phi) is 6.62. The predicted octanol–water partition coefficient (Wildman–Crippen LogP) is 3.26. The van der Waals surface area contributed by atoms with Crippen LogP contribution in [0.3, 0.4) is 0 Å². The number of hydrogen-bond donors (Lipinski definition) is 0. The van der Waals surface area contributed by atoms with Crippen LogP contribution in [0.4, 0.5) is 0 Å². The molecule has 1 radical (unpaired) electrons. The van der Waals surface area contributed by atoms with Gasteiger partial charge in [-0.05, 0) is 12.3 Å². The summed E-state index contributed by atoms with van der Waals surface area (Å²) in [6.07, 6.45) is 4.88. The maximum Gasteiger partial charge on any atom is 0.0226 e. The van der Waals surface area contributed by atoms with Crippen LogP contribution in [-0.4, -0.2) is 5.88 Å². The molecule has 0 spiro atoms. The second-order valence-corrected chi connectivity index (χ2v) is 2.86. The first-order valence-corrected chi connectivity index (χ1v) is 4.23. The van der Waals surface area contributed by atoms with Crippen LogP contribution in [0.15, 0.2) is 0 Å². The molecule has 1 unspecified atom stereocenters. The molecular weight excluding hydrogens is 132 g/mol. The van der Waals surface area contributed by atoms with E-state index in [1.54, 1.807) is 0 Å². The van der Waals surface area contributed by atoms with Crippen molar-refractivity contribution >= 4 is 11.6 Å². The summed E-state index contributed by atoms with van der Waals surface area (Å²) in [6, 6.07) is 0. The van der Waals surface area contributed by atoms with Crippen molar-refractivity contribution in [2.75, 3.05) is 5.88 Å². The summed E-state index contributed by atoms with van der Waals surface area (Å²) in [5.41, 5.74) is 0. The van der Waals surface area contributed by atoms with Crippen LogP contribution in [0.2, 0.25) is 0 Å². The average molecular weight is 148 g/mol. The first-order chi connectivity index (χ1) is 4.31. The van der Waals surface area contributed by atoms with Crippen LogP contribution in [0.25, 0.3) is 0 Å². The van der Waals surface area contributed by atoms with E-state index in [0.29, 0.717) is 5.92 Å². The van der Waals surface area contributed by atoms with E-state index in [2.05, 4.69) is 13.8 Å². The zero-order valence-electron chi connectivity index (χ0n) is 6.20. The summed E-state index contributed by atoms with van der Waals surface area (Å²) in [4.78, 5) is 0. The van der Waals surface area contributed by atoms with Gasteiger partial charge in [0.15, 0.2) is 0 Å². The Balaban J connectivity index is 2.95. The van der Waals surface area contributed by atoms with Gasteiger partial charge in [-0.3, -0.25) is 0 Å². The predicted molar refractivity (Wildman–Crippen MR) is 43.7 cm³/mol. The summed E-state index contributed by atoms with van der Waals surface area (Å²) < 4.78 is 0. The van der Waals surface area contributed by atoms with E-state index < -0.39 is 0 Å². The number of hydrogen-bond acceptors (Lipinski definition) is 0. The lowest BCUT2D eigenvalue weighted by Gasteiger charge is -2.06. The largest absolute Gasteiger partial charge is 0.127 e. The second kappa shape index (κ2) is 6.41. The molecule has 0 fully saturated rings. The molecule has 9 heavy (non-hydrogen) atoms. The van der Waals surface area contributed by atoms with Crippen LogP contribution in [-0.2, 0) is 0 Å². The molecule has 0 N–H and O–H groups in total. The summed E-state index contributed by atoms with van der Waals surface area (Å²) in [5, 5.41) is 0. The molecule has 0 aliphatic heterocycles. The lowest BCUT2D eigenvalue weighted by molar-refractivity contribution is 0.539. The molecule has 0 bridgehead atoms. The summed E-state index contributed by atoms with van der Waals surface area (Å²) >= 11 is 5.54. The van der Waals surface area contributed by atoms with E-state index in [1.807, 2.05) is 0 Å². The molecule has 0 amide bonds. The maximum absolute atomic E-state index is 5.54. The highest BCUT2D eigenvalue weighted by atomic mass is 35.5. The number of alkyl halides is 1. The van der Waals surface area contributed by atoms with Gasteiger partial charge in [-0.1, -0.05) is 33.1 Å². The quantitative estimate of drug-likeness (QED) is 0.524. The van der Waals surface area contributed by atoms with Crippen LogP contribution in [0.1, 0.15) is 32.6 Å². The van der Waals surface area contributed by atoms with Crippen molar-refractivity contribution in [2.45, 2.75) is 32.6 Å². The molecule has 0 heterocycles. The van der Waals surface area contributed by atoms with Crippen molar-refractivity contribution < 1.29 is 0 Å². The maximum atomic E-state index is 5.54. The van der Waals surface area contributed by atoms with Crippen molar-refractivity contribution in [2.24, 2.45) is 5.92 Å². The third-order valence-electron chi connectivity index (χ3n) is 1.48. The van der Waals surface area contributed by atoms with Gasteiger partial charge < -0.3 is 0 Å². The first-order valence-electron chi connectivity index (χ1n) is 3.70. The van der Waals surface area contributed by atoms with Gasteiger partial charge in [0.25, 0.3) is 0 Å². The zero-order valence-corrected chi connectivity index (χ0v) is 6.95. The van der Waals surface area contributed by atoms with Gasteiger partial charge >= 0.3 is 0 Å². The second-order valence-electron chi connectivity index (χ2n) is 2.49. The Hall–Kier alpha value is 0.290. The lowest BCUT2D eigenvalue weighted by Crippen LogP contribution is -1.94. The van der Waals surface area contributed by atoms with E-state index in [4.69, 9.17) is 11.6 Å². The van der Waals surface area contributed by atoms with Gasteiger partial charge in [-0.25, -0.2) is 0 Å². The Bertz CT molecular complexity index is 52.5. The molecule has 0 saturated carbocycles. The molecule has 0 aromatic heterocycles. The van der Waals surface area contributed by atoms with Crippen LogP contribution in [0.5, 0.6) is 0 Å². The molecule has 0 aliphatic rings. The fourth-order valence-corrected chi connectivity index (χ4v) is 1.10. The average Bonchev–Trinajstić information content (AvgIpc) is 1.85. The van der Waals surface area contributed by atoms with Gasteiger partial charge in [0.2, 0.25) is 0 Å². The number of rotatable bonds is 5. The van der Waals surface area contributed by atoms with Crippen molar-refractivity contribution in [3.63, 3.8) is 0 Å². The van der Waals surface area contributed by atoms with Gasteiger partial charge in [-0.15, -0.1) is 11.6 Å². The van der Waals surface area contributed by atoms with Crippen molar-refractivity contribution in [3.05, 3.63) is 6.92 Å². The minimum Gasteiger partial charge on any atom is -0.127 e. The topological polar surface area (TPSA) is 0 Å². The molecule has 0 aromatic carbocycles. The Morgan fingerprint density at radius 1 is 1.44 bits per heavy atom. The van der Waals surface area contributed by atoms with Crippen molar-refractivity contribution in [3.8, 4) is 0 Å². The number of halogens is 1. The normalized spacial score (nSPS) is 13.7. The van der Waals surface area contributed by atoms with Crippen LogP contribution >= 0.6 is 11.6 Å². The summed E-state index contributed by atoms with van der Waals surface area (Å²) in [6.45, 7) is 6.18. The minimum atomic E-state index is 0.586. The van der Waals surface area contributed by atoms with Crippen molar-refractivity contribution in [1.82, 2.24) is 0 Å². The fourth-order valence-electron chi connectivity index (χ4n) is 0.791. The zero-order chi connectivity index (χ0) is 7.11. The minimum absolute atomic E-state index is 0.586. The third kappa shape index (κ3) is 6.17. The third-order valence-corrected chi connectivity index (χ3v) is 1.70. The van der Waals surface area contributed by atoms with Gasteiger partial charge in [0, 0.05) is 5.88 Å². The van der Waals surface area contributed by atoms with E-state index in [0.717, 1.165) is 12.3 Å². The molecule has 1 atom stereocenters. The molecule has 0 nitrogen and oxygen atoms in total. The Morgan fingerprint density at radius 2 is 2.11 bits per heavy atom. The van der Waals surface area contributed by atoms with E-state index in [1.165, 1.54) is 19.3 Å².